The van der Waals surface area contributed by atoms with Crippen LogP contribution in [0.5, 0.6) is 0 Å². The quantitative estimate of drug-likeness (QED) is 0.744. The topological polar surface area (TPSA) is 41.6 Å². The molecule has 0 bridgehead atoms. The molecule has 15 heavy (non-hydrogen) atoms. The lowest BCUT2D eigenvalue weighted by Crippen LogP contribution is -2.46. The van der Waals surface area contributed by atoms with Crippen molar-refractivity contribution in [2.24, 2.45) is 11.8 Å². The summed E-state index contributed by atoms with van der Waals surface area (Å²) in [6.07, 6.45) is 2.06. The zero-order chi connectivity index (χ0) is 10.7. The Morgan fingerprint density at radius 3 is 3.20 bits per heavy atom. The maximum absolute atomic E-state index is 11.5. The Balaban J connectivity index is 1.86. The number of piperidine rings is 1. The molecule has 2 aliphatic heterocycles. The van der Waals surface area contributed by atoms with Crippen molar-refractivity contribution in [2.75, 3.05) is 32.8 Å². The first-order valence-electron chi connectivity index (χ1n) is 5.90. The van der Waals surface area contributed by atoms with Crippen molar-refractivity contribution in [2.45, 2.75) is 19.8 Å². The first-order valence-corrected chi connectivity index (χ1v) is 5.90. The van der Waals surface area contributed by atoms with Crippen LogP contribution in [0.15, 0.2) is 0 Å². The maximum atomic E-state index is 11.5. The number of rotatable bonds is 2. The van der Waals surface area contributed by atoms with E-state index in [1.807, 2.05) is 4.90 Å². The molecule has 0 saturated carbocycles. The van der Waals surface area contributed by atoms with Gasteiger partial charge in [-0.1, -0.05) is 6.92 Å². The number of amides is 1. The lowest BCUT2D eigenvalue weighted by molar-refractivity contribution is 0.0596. The van der Waals surface area contributed by atoms with Crippen LogP contribution in [0.3, 0.4) is 0 Å². The summed E-state index contributed by atoms with van der Waals surface area (Å²) in [5.74, 6) is 1.30. The van der Waals surface area contributed by atoms with Gasteiger partial charge in [0.25, 0.3) is 0 Å². The Morgan fingerprint density at radius 2 is 2.47 bits per heavy atom. The lowest BCUT2D eigenvalue weighted by atomic mass is 9.87. The van der Waals surface area contributed by atoms with Crippen LogP contribution in [-0.2, 0) is 4.74 Å². The highest BCUT2D eigenvalue weighted by Crippen LogP contribution is 2.20. The summed E-state index contributed by atoms with van der Waals surface area (Å²) in [5.41, 5.74) is 0. The van der Waals surface area contributed by atoms with E-state index in [4.69, 9.17) is 4.74 Å². The molecule has 2 saturated heterocycles. The average molecular weight is 212 g/mol. The fraction of sp³-hybridized carbons (Fsp3) is 0.909. The van der Waals surface area contributed by atoms with E-state index in [1.54, 1.807) is 0 Å². The van der Waals surface area contributed by atoms with Crippen LogP contribution < -0.4 is 5.32 Å². The molecular formula is C11H20N2O2. The molecule has 2 aliphatic rings. The first kappa shape index (κ1) is 10.7. The predicted octanol–water partition coefficient (Wildman–Crippen LogP) is 1.07. The number of nitrogens with one attached hydrogen (secondary N) is 1. The van der Waals surface area contributed by atoms with E-state index >= 15 is 0 Å². The van der Waals surface area contributed by atoms with Crippen molar-refractivity contribution in [3.05, 3.63) is 0 Å². The molecule has 4 nitrogen and oxygen atoms in total. The number of hydrogen-bond acceptors (Lipinski definition) is 3. The number of carbonyl (C=O) groups is 1. The zero-order valence-electron chi connectivity index (χ0n) is 9.37. The Kier molecular flexibility index (Phi) is 3.46. The highest BCUT2D eigenvalue weighted by Gasteiger charge is 2.27. The normalized spacial score (nSPS) is 32.6. The van der Waals surface area contributed by atoms with E-state index in [-0.39, 0.29) is 6.09 Å². The fourth-order valence-corrected chi connectivity index (χ4v) is 2.34. The number of carbonyl (C=O) groups excluding carboxylic acids is 1. The molecule has 2 fully saturated rings. The summed E-state index contributed by atoms with van der Waals surface area (Å²) in [6, 6.07) is 0. The minimum Gasteiger partial charge on any atom is -0.449 e. The Hall–Kier alpha value is -0.770. The van der Waals surface area contributed by atoms with Crippen molar-refractivity contribution in [3.8, 4) is 0 Å². The van der Waals surface area contributed by atoms with Gasteiger partial charge in [-0.15, -0.1) is 0 Å². The van der Waals surface area contributed by atoms with Gasteiger partial charge in [-0.25, -0.2) is 4.79 Å². The van der Waals surface area contributed by atoms with Gasteiger partial charge in [-0.05, 0) is 37.8 Å². The van der Waals surface area contributed by atoms with Crippen LogP contribution in [0.25, 0.3) is 0 Å². The van der Waals surface area contributed by atoms with E-state index < -0.39 is 0 Å². The van der Waals surface area contributed by atoms with E-state index in [9.17, 15) is 4.79 Å². The van der Waals surface area contributed by atoms with Crippen LogP contribution >= 0.6 is 0 Å². The summed E-state index contributed by atoms with van der Waals surface area (Å²) in [7, 11) is 0. The Labute approximate surface area is 91.0 Å². The van der Waals surface area contributed by atoms with Crippen molar-refractivity contribution in [1.82, 2.24) is 10.2 Å². The number of nitrogens with zero attached hydrogens (tertiary/aromatic N) is 1. The largest absolute Gasteiger partial charge is 0.449 e. The summed E-state index contributed by atoms with van der Waals surface area (Å²) < 4.78 is 5.03. The maximum Gasteiger partial charge on any atom is 0.409 e. The van der Waals surface area contributed by atoms with Crippen LogP contribution in [0.1, 0.15) is 19.8 Å². The van der Waals surface area contributed by atoms with Crippen molar-refractivity contribution in [3.63, 3.8) is 0 Å². The molecule has 2 atom stereocenters. The molecule has 0 spiro atoms. The molecule has 0 aromatic heterocycles. The molecule has 2 rings (SSSR count). The molecule has 0 aromatic carbocycles. The zero-order valence-corrected chi connectivity index (χ0v) is 9.37. The molecule has 0 aromatic rings. The Morgan fingerprint density at radius 1 is 1.60 bits per heavy atom. The second-order valence-electron chi connectivity index (χ2n) is 4.64. The number of cyclic esters (lactones) is 1. The van der Waals surface area contributed by atoms with Gasteiger partial charge in [-0.2, -0.15) is 0 Å². The third kappa shape index (κ3) is 2.62. The second kappa shape index (κ2) is 4.84. The van der Waals surface area contributed by atoms with E-state index in [1.165, 1.54) is 6.42 Å². The summed E-state index contributed by atoms with van der Waals surface area (Å²) >= 11 is 0. The van der Waals surface area contributed by atoms with Crippen LogP contribution in [0.2, 0.25) is 0 Å². The van der Waals surface area contributed by atoms with Gasteiger partial charge in [0.15, 0.2) is 0 Å². The number of hydrogen-bond donors (Lipinski definition) is 1. The summed E-state index contributed by atoms with van der Waals surface area (Å²) in [6.45, 7) is 6.73. The lowest BCUT2D eigenvalue weighted by Gasteiger charge is -2.35. The molecule has 1 amide bonds. The minimum absolute atomic E-state index is 0.126. The highest BCUT2D eigenvalue weighted by molar-refractivity contribution is 5.68. The van der Waals surface area contributed by atoms with E-state index in [2.05, 4.69) is 12.2 Å². The SMILES string of the molecule is CC1CCNCC1CN1CCCOC1=O. The highest BCUT2D eigenvalue weighted by atomic mass is 16.6. The molecular weight excluding hydrogens is 192 g/mol. The Bertz CT molecular complexity index is 233. The molecule has 1 N–H and O–H groups in total. The van der Waals surface area contributed by atoms with Gasteiger partial charge in [0, 0.05) is 13.1 Å². The molecule has 0 aliphatic carbocycles. The number of ether oxygens (including phenoxy) is 1. The van der Waals surface area contributed by atoms with Crippen molar-refractivity contribution < 1.29 is 9.53 Å². The van der Waals surface area contributed by atoms with Crippen molar-refractivity contribution >= 4 is 6.09 Å². The third-order valence-corrected chi connectivity index (χ3v) is 3.50. The smallest absolute Gasteiger partial charge is 0.409 e. The average Bonchev–Trinajstić information content (AvgIpc) is 2.24. The van der Waals surface area contributed by atoms with Crippen LogP contribution in [-0.4, -0.2) is 43.8 Å². The van der Waals surface area contributed by atoms with Crippen LogP contribution in [0, 0.1) is 11.8 Å². The fourth-order valence-electron chi connectivity index (χ4n) is 2.34. The molecule has 2 unspecified atom stereocenters. The van der Waals surface area contributed by atoms with Gasteiger partial charge in [-0.3, -0.25) is 0 Å². The molecule has 2 heterocycles. The molecule has 86 valence electrons. The van der Waals surface area contributed by atoms with E-state index in [0.717, 1.165) is 32.6 Å². The summed E-state index contributed by atoms with van der Waals surface area (Å²) in [4.78, 5) is 13.3. The van der Waals surface area contributed by atoms with Crippen LogP contribution in [0.4, 0.5) is 4.79 Å². The van der Waals surface area contributed by atoms with Gasteiger partial charge in [0.1, 0.15) is 0 Å². The standard InChI is InChI=1S/C11H20N2O2/c1-9-3-4-12-7-10(9)8-13-5-2-6-15-11(13)14/h9-10,12H,2-8H2,1H3. The minimum atomic E-state index is -0.126. The van der Waals surface area contributed by atoms with E-state index in [0.29, 0.717) is 18.4 Å². The first-order chi connectivity index (χ1) is 7.27. The van der Waals surface area contributed by atoms with Gasteiger partial charge in [0.2, 0.25) is 0 Å². The molecule has 0 radical (unpaired) electrons. The third-order valence-electron chi connectivity index (χ3n) is 3.50. The van der Waals surface area contributed by atoms with Gasteiger partial charge >= 0.3 is 6.09 Å². The molecule has 4 heteroatoms. The van der Waals surface area contributed by atoms with Gasteiger partial charge < -0.3 is 15.0 Å². The van der Waals surface area contributed by atoms with Crippen molar-refractivity contribution in [1.29, 1.82) is 0 Å². The monoisotopic (exact) mass is 212 g/mol. The summed E-state index contributed by atoms with van der Waals surface area (Å²) in [5, 5.41) is 3.39. The second-order valence-corrected chi connectivity index (χ2v) is 4.64. The van der Waals surface area contributed by atoms with Gasteiger partial charge in [0.05, 0.1) is 6.61 Å². The predicted molar refractivity (Wildman–Crippen MR) is 57.7 cm³/mol.